The number of ether oxygens (including phenoxy) is 1. The van der Waals surface area contributed by atoms with E-state index in [0.717, 1.165) is 15.9 Å². The van der Waals surface area contributed by atoms with E-state index in [1.165, 1.54) is 0 Å². The van der Waals surface area contributed by atoms with Gasteiger partial charge in [-0.25, -0.2) is 0 Å². The maximum atomic E-state index is 5.52. The van der Waals surface area contributed by atoms with Gasteiger partial charge in [0, 0.05) is 18.3 Å². The van der Waals surface area contributed by atoms with E-state index in [4.69, 9.17) is 10.5 Å². The molecule has 1 unspecified atom stereocenters. The molecule has 0 fully saturated rings. The third-order valence-corrected chi connectivity index (χ3v) is 2.54. The smallest absolute Gasteiger partial charge is 0.133 e. The van der Waals surface area contributed by atoms with Crippen LogP contribution in [-0.2, 0) is 0 Å². The number of hydrogen-bond donors (Lipinski definition) is 2. The summed E-state index contributed by atoms with van der Waals surface area (Å²) < 4.78 is 6.07. The van der Waals surface area contributed by atoms with Crippen molar-refractivity contribution < 1.29 is 4.74 Å². The van der Waals surface area contributed by atoms with Gasteiger partial charge < -0.3 is 15.8 Å². The van der Waals surface area contributed by atoms with Crippen LogP contribution in [0.15, 0.2) is 22.7 Å². The summed E-state index contributed by atoms with van der Waals surface area (Å²) in [5.41, 5.74) is 6.55. The van der Waals surface area contributed by atoms with Gasteiger partial charge in [0.05, 0.1) is 11.6 Å². The zero-order valence-corrected chi connectivity index (χ0v) is 9.97. The zero-order valence-electron chi connectivity index (χ0n) is 8.38. The van der Waals surface area contributed by atoms with Gasteiger partial charge >= 0.3 is 0 Å². The average Bonchev–Trinajstić information content (AvgIpc) is 2.18. The van der Waals surface area contributed by atoms with Gasteiger partial charge in [-0.1, -0.05) is 0 Å². The Kier molecular flexibility index (Phi) is 4.22. The molecule has 14 heavy (non-hydrogen) atoms. The van der Waals surface area contributed by atoms with Crippen LogP contribution >= 0.6 is 15.9 Å². The highest BCUT2D eigenvalue weighted by molar-refractivity contribution is 9.10. The van der Waals surface area contributed by atoms with Crippen molar-refractivity contribution in [2.24, 2.45) is 5.73 Å². The van der Waals surface area contributed by atoms with Crippen LogP contribution in [0, 0.1) is 0 Å². The second kappa shape index (κ2) is 5.22. The van der Waals surface area contributed by atoms with Crippen molar-refractivity contribution in [1.29, 1.82) is 0 Å². The number of nitrogens with one attached hydrogen (secondary N) is 1. The van der Waals surface area contributed by atoms with Gasteiger partial charge in [-0.2, -0.15) is 0 Å². The second-order valence-corrected chi connectivity index (χ2v) is 3.98. The summed E-state index contributed by atoms with van der Waals surface area (Å²) in [6.45, 7) is 2.65. The molecule has 1 atom stereocenters. The largest absolute Gasteiger partial charge is 0.496 e. The fraction of sp³-hybridized carbons (Fsp3) is 0.400. The fourth-order valence-corrected chi connectivity index (χ4v) is 1.64. The van der Waals surface area contributed by atoms with E-state index in [0.29, 0.717) is 6.54 Å². The van der Waals surface area contributed by atoms with Gasteiger partial charge in [0.25, 0.3) is 0 Å². The Morgan fingerprint density at radius 2 is 2.29 bits per heavy atom. The Bertz CT molecular complexity index is 304. The van der Waals surface area contributed by atoms with Crippen molar-refractivity contribution in [1.82, 2.24) is 0 Å². The first-order valence-electron chi connectivity index (χ1n) is 4.47. The molecule has 1 rings (SSSR count). The monoisotopic (exact) mass is 258 g/mol. The van der Waals surface area contributed by atoms with Crippen LogP contribution in [0.1, 0.15) is 6.92 Å². The maximum Gasteiger partial charge on any atom is 0.133 e. The van der Waals surface area contributed by atoms with E-state index in [-0.39, 0.29) is 6.04 Å². The molecule has 0 heterocycles. The zero-order chi connectivity index (χ0) is 10.6. The number of benzene rings is 1. The molecule has 0 aliphatic heterocycles. The molecule has 0 spiro atoms. The molecule has 0 radical (unpaired) electrons. The highest BCUT2D eigenvalue weighted by Gasteiger charge is 2.03. The quantitative estimate of drug-likeness (QED) is 0.871. The third-order valence-electron chi connectivity index (χ3n) is 1.92. The highest BCUT2D eigenvalue weighted by Crippen LogP contribution is 2.27. The van der Waals surface area contributed by atoms with Crippen LogP contribution in [0.2, 0.25) is 0 Å². The van der Waals surface area contributed by atoms with Gasteiger partial charge in [0.15, 0.2) is 0 Å². The summed E-state index contributed by atoms with van der Waals surface area (Å²) in [5, 5.41) is 3.27. The Morgan fingerprint density at radius 3 is 2.79 bits per heavy atom. The first kappa shape index (κ1) is 11.3. The van der Waals surface area contributed by atoms with Crippen LogP contribution in [0.25, 0.3) is 0 Å². The molecule has 3 nitrogen and oxygen atoms in total. The number of halogens is 1. The Labute approximate surface area is 92.8 Å². The lowest BCUT2D eigenvalue weighted by Gasteiger charge is -2.13. The normalized spacial score (nSPS) is 12.3. The standard InChI is InChI=1S/C10H15BrN2O/c1-7(6-12)13-8-3-4-10(14-2)9(11)5-8/h3-5,7,13H,6,12H2,1-2H3. The predicted molar refractivity (Wildman–Crippen MR) is 62.8 cm³/mol. The van der Waals surface area contributed by atoms with Crippen molar-refractivity contribution in [3.8, 4) is 5.75 Å². The molecule has 0 saturated carbocycles. The van der Waals surface area contributed by atoms with Gasteiger partial charge in [0.2, 0.25) is 0 Å². The minimum absolute atomic E-state index is 0.273. The Balaban J connectivity index is 2.76. The van der Waals surface area contributed by atoms with E-state index in [1.807, 2.05) is 25.1 Å². The molecule has 0 amide bonds. The van der Waals surface area contributed by atoms with E-state index >= 15 is 0 Å². The maximum absolute atomic E-state index is 5.52. The third kappa shape index (κ3) is 2.89. The molecule has 0 aliphatic rings. The average molecular weight is 259 g/mol. The van der Waals surface area contributed by atoms with Crippen molar-refractivity contribution in [3.05, 3.63) is 22.7 Å². The van der Waals surface area contributed by atoms with E-state index in [1.54, 1.807) is 7.11 Å². The number of hydrogen-bond acceptors (Lipinski definition) is 3. The minimum Gasteiger partial charge on any atom is -0.496 e. The van der Waals surface area contributed by atoms with Crippen LogP contribution in [0.5, 0.6) is 5.75 Å². The molecular formula is C10H15BrN2O. The van der Waals surface area contributed by atoms with Crippen molar-refractivity contribution in [3.63, 3.8) is 0 Å². The Hall–Kier alpha value is -0.740. The second-order valence-electron chi connectivity index (χ2n) is 3.13. The number of anilines is 1. The van der Waals surface area contributed by atoms with Gasteiger partial charge in [-0.15, -0.1) is 0 Å². The summed E-state index contributed by atoms with van der Waals surface area (Å²) >= 11 is 3.42. The molecule has 78 valence electrons. The molecule has 4 heteroatoms. The molecule has 0 saturated heterocycles. The molecule has 1 aromatic rings. The lowest BCUT2D eigenvalue weighted by atomic mass is 10.2. The molecule has 3 N–H and O–H groups in total. The number of rotatable bonds is 4. The topological polar surface area (TPSA) is 47.3 Å². The molecule has 0 aromatic heterocycles. The first-order chi connectivity index (χ1) is 6.67. The van der Waals surface area contributed by atoms with Crippen LogP contribution < -0.4 is 15.8 Å². The lowest BCUT2D eigenvalue weighted by molar-refractivity contribution is 0.412. The SMILES string of the molecule is COc1ccc(NC(C)CN)cc1Br. The van der Waals surface area contributed by atoms with Crippen molar-refractivity contribution >= 4 is 21.6 Å². The lowest BCUT2D eigenvalue weighted by Crippen LogP contribution is -2.25. The van der Waals surface area contributed by atoms with Crippen molar-refractivity contribution in [2.75, 3.05) is 19.0 Å². The van der Waals surface area contributed by atoms with E-state index in [2.05, 4.69) is 21.2 Å². The number of nitrogens with two attached hydrogens (primary N) is 1. The molecular weight excluding hydrogens is 244 g/mol. The Morgan fingerprint density at radius 1 is 1.57 bits per heavy atom. The summed E-state index contributed by atoms with van der Waals surface area (Å²) in [7, 11) is 1.65. The molecule has 0 aliphatic carbocycles. The predicted octanol–water partition coefficient (Wildman–Crippen LogP) is 2.22. The minimum atomic E-state index is 0.273. The molecule has 0 bridgehead atoms. The van der Waals surface area contributed by atoms with Gasteiger partial charge in [-0.05, 0) is 41.1 Å². The van der Waals surface area contributed by atoms with Crippen LogP contribution in [-0.4, -0.2) is 19.7 Å². The van der Waals surface area contributed by atoms with Crippen LogP contribution in [0.4, 0.5) is 5.69 Å². The molecule has 1 aromatic carbocycles. The summed E-state index contributed by atoms with van der Waals surface area (Å²) in [4.78, 5) is 0. The van der Waals surface area contributed by atoms with E-state index < -0.39 is 0 Å². The summed E-state index contributed by atoms with van der Waals surface area (Å²) in [6, 6.07) is 6.13. The summed E-state index contributed by atoms with van der Waals surface area (Å²) in [5.74, 6) is 0.830. The van der Waals surface area contributed by atoms with Gasteiger partial charge in [-0.3, -0.25) is 0 Å². The van der Waals surface area contributed by atoms with E-state index in [9.17, 15) is 0 Å². The summed E-state index contributed by atoms with van der Waals surface area (Å²) in [6.07, 6.45) is 0. The fourth-order valence-electron chi connectivity index (χ4n) is 1.10. The van der Waals surface area contributed by atoms with Gasteiger partial charge in [0.1, 0.15) is 5.75 Å². The number of methoxy groups -OCH3 is 1. The highest BCUT2D eigenvalue weighted by atomic mass is 79.9. The first-order valence-corrected chi connectivity index (χ1v) is 5.26. The van der Waals surface area contributed by atoms with Crippen LogP contribution in [0.3, 0.4) is 0 Å². The van der Waals surface area contributed by atoms with Crippen molar-refractivity contribution in [2.45, 2.75) is 13.0 Å².